The molecular weight excluding hydrogens is 308 g/mol. The zero-order valence-electron chi connectivity index (χ0n) is 14.4. The van der Waals surface area contributed by atoms with E-state index in [9.17, 15) is 9.59 Å². The zero-order valence-corrected chi connectivity index (χ0v) is 15.2. The van der Waals surface area contributed by atoms with Crippen molar-refractivity contribution in [2.75, 3.05) is 7.05 Å². The van der Waals surface area contributed by atoms with Crippen LogP contribution >= 0.6 is 11.3 Å². The number of hydrogen-bond donors (Lipinski definition) is 0. The third kappa shape index (κ3) is 4.32. The van der Waals surface area contributed by atoms with Crippen LogP contribution in [0.1, 0.15) is 37.6 Å². The van der Waals surface area contributed by atoms with E-state index >= 15 is 0 Å². The van der Waals surface area contributed by atoms with E-state index < -0.39 is 0 Å². The number of thiazole rings is 1. The van der Waals surface area contributed by atoms with Crippen LogP contribution in [-0.4, -0.2) is 22.4 Å². The van der Waals surface area contributed by atoms with Crippen molar-refractivity contribution in [3.63, 3.8) is 0 Å². The number of hydrogen-bond acceptors (Lipinski definition) is 3. The second kappa shape index (κ2) is 6.71. The van der Waals surface area contributed by atoms with Crippen LogP contribution in [-0.2, 0) is 23.3 Å². The first kappa shape index (κ1) is 17.5. The van der Waals surface area contributed by atoms with Crippen LogP contribution in [0.3, 0.4) is 0 Å². The molecule has 0 atom stereocenters. The normalized spacial score (nSPS) is 11.5. The van der Waals surface area contributed by atoms with Gasteiger partial charge in [0.05, 0.1) is 0 Å². The fraction of sp³-hybridized carbons (Fsp3) is 0.444. The van der Waals surface area contributed by atoms with Crippen LogP contribution in [0.2, 0.25) is 0 Å². The van der Waals surface area contributed by atoms with Gasteiger partial charge in [-0.25, -0.2) is 0 Å². The summed E-state index contributed by atoms with van der Waals surface area (Å²) in [6.07, 6.45) is 0. The number of benzene rings is 1. The Morgan fingerprint density at radius 1 is 1.22 bits per heavy atom. The Balaban J connectivity index is 2.02. The third-order valence-corrected chi connectivity index (χ3v) is 4.82. The van der Waals surface area contributed by atoms with Gasteiger partial charge in [-0.05, 0) is 23.5 Å². The molecule has 0 radical (unpaired) electrons. The molecule has 1 amide bonds. The highest BCUT2D eigenvalue weighted by atomic mass is 32.1. The number of nitrogens with zero attached hydrogens (tertiary/aromatic N) is 2. The van der Waals surface area contributed by atoms with Gasteiger partial charge in [-0.2, -0.15) is 0 Å². The standard InChI is InChI=1S/C18H24N2O2S/c1-13-12-23-17(22)20(13)11-16(21)19(5)10-14-6-8-15(9-7-14)18(2,3)4/h6-9,12H,10-11H2,1-5H3. The number of aromatic nitrogens is 1. The van der Waals surface area contributed by atoms with Gasteiger partial charge in [-0.15, -0.1) is 0 Å². The highest BCUT2D eigenvalue weighted by molar-refractivity contribution is 7.07. The van der Waals surface area contributed by atoms with E-state index in [4.69, 9.17) is 0 Å². The van der Waals surface area contributed by atoms with Gasteiger partial charge in [0.2, 0.25) is 5.91 Å². The lowest BCUT2D eigenvalue weighted by Crippen LogP contribution is -2.32. The molecule has 0 aliphatic heterocycles. The van der Waals surface area contributed by atoms with Crippen LogP contribution in [0.25, 0.3) is 0 Å². The van der Waals surface area contributed by atoms with Crippen LogP contribution in [0.4, 0.5) is 0 Å². The monoisotopic (exact) mass is 332 g/mol. The maximum atomic E-state index is 12.3. The lowest BCUT2D eigenvalue weighted by Gasteiger charge is -2.21. The molecule has 0 saturated carbocycles. The summed E-state index contributed by atoms with van der Waals surface area (Å²) in [7, 11) is 1.77. The Hall–Kier alpha value is -1.88. The fourth-order valence-corrected chi connectivity index (χ4v) is 3.06. The van der Waals surface area contributed by atoms with Gasteiger partial charge in [0.15, 0.2) is 0 Å². The zero-order chi connectivity index (χ0) is 17.2. The Labute approximate surface area is 141 Å². The molecule has 2 rings (SSSR count). The molecule has 0 aliphatic rings. The van der Waals surface area contributed by atoms with E-state index in [1.54, 1.807) is 17.3 Å². The first-order valence-corrected chi connectivity index (χ1v) is 8.55. The minimum absolute atomic E-state index is 0.0616. The molecule has 0 saturated heterocycles. The number of carbonyl (C=O) groups excluding carboxylic acids is 1. The second-order valence-electron chi connectivity index (χ2n) is 6.93. The van der Waals surface area contributed by atoms with Gasteiger partial charge < -0.3 is 4.90 Å². The minimum Gasteiger partial charge on any atom is -0.340 e. The van der Waals surface area contributed by atoms with Gasteiger partial charge in [-0.1, -0.05) is 56.4 Å². The molecule has 124 valence electrons. The number of aryl methyl sites for hydroxylation is 1. The quantitative estimate of drug-likeness (QED) is 0.863. The van der Waals surface area contributed by atoms with Crippen molar-refractivity contribution in [3.05, 3.63) is 56.1 Å². The molecule has 0 fully saturated rings. The first-order valence-electron chi connectivity index (χ1n) is 7.67. The van der Waals surface area contributed by atoms with Crippen molar-refractivity contribution >= 4 is 17.2 Å². The van der Waals surface area contributed by atoms with Crippen molar-refractivity contribution in [2.24, 2.45) is 0 Å². The molecule has 1 aromatic heterocycles. The predicted molar refractivity (Wildman–Crippen MR) is 94.9 cm³/mol. The molecule has 1 aromatic carbocycles. The summed E-state index contributed by atoms with van der Waals surface area (Å²) < 4.78 is 1.52. The molecule has 2 aromatic rings. The van der Waals surface area contributed by atoms with Crippen molar-refractivity contribution in [1.29, 1.82) is 0 Å². The second-order valence-corrected chi connectivity index (χ2v) is 7.75. The molecule has 5 heteroatoms. The van der Waals surface area contributed by atoms with Crippen LogP contribution in [0.15, 0.2) is 34.4 Å². The predicted octanol–water partition coefficient (Wildman–Crippen LogP) is 3.17. The van der Waals surface area contributed by atoms with Gasteiger partial charge in [-0.3, -0.25) is 14.2 Å². The van der Waals surface area contributed by atoms with Gasteiger partial charge >= 0.3 is 4.87 Å². The van der Waals surface area contributed by atoms with Crippen molar-refractivity contribution in [2.45, 2.75) is 46.2 Å². The summed E-state index contributed by atoms with van der Waals surface area (Å²) in [5.41, 5.74) is 3.31. The summed E-state index contributed by atoms with van der Waals surface area (Å²) in [6.45, 7) is 9.03. The highest BCUT2D eigenvalue weighted by Gasteiger charge is 2.15. The van der Waals surface area contributed by atoms with Gasteiger partial charge in [0, 0.05) is 24.7 Å². The summed E-state index contributed by atoms with van der Waals surface area (Å²) in [6, 6.07) is 8.35. The van der Waals surface area contributed by atoms with Crippen LogP contribution in [0.5, 0.6) is 0 Å². The fourth-order valence-electron chi connectivity index (χ4n) is 2.32. The van der Waals surface area contributed by atoms with Gasteiger partial charge in [0.25, 0.3) is 0 Å². The van der Waals surface area contributed by atoms with E-state index in [1.165, 1.54) is 10.1 Å². The minimum atomic E-state index is -0.0845. The van der Waals surface area contributed by atoms with E-state index in [0.717, 1.165) is 22.6 Å². The summed E-state index contributed by atoms with van der Waals surface area (Å²) >= 11 is 1.13. The topological polar surface area (TPSA) is 42.3 Å². The third-order valence-electron chi connectivity index (χ3n) is 3.94. The van der Waals surface area contributed by atoms with E-state index in [1.807, 2.05) is 6.92 Å². The maximum Gasteiger partial charge on any atom is 0.307 e. The Morgan fingerprint density at radius 3 is 2.30 bits per heavy atom. The average Bonchev–Trinajstić information content (AvgIpc) is 2.78. The number of amides is 1. The average molecular weight is 332 g/mol. The maximum absolute atomic E-state index is 12.3. The molecule has 0 N–H and O–H groups in total. The van der Waals surface area contributed by atoms with Crippen LogP contribution in [0, 0.1) is 6.92 Å². The Kier molecular flexibility index (Phi) is 5.09. The Bertz CT molecular complexity index is 736. The summed E-state index contributed by atoms with van der Waals surface area (Å²) in [4.78, 5) is 25.6. The van der Waals surface area contributed by atoms with Crippen molar-refractivity contribution < 1.29 is 4.79 Å². The molecule has 1 heterocycles. The Morgan fingerprint density at radius 2 is 1.83 bits per heavy atom. The lowest BCUT2D eigenvalue weighted by molar-refractivity contribution is -0.131. The van der Waals surface area contributed by atoms with Crippen LogP contribution < -0.4 is 4.87 Å². The number of rotatable bonds is 4. The molecule has 0 bridgehead atoms. The summed E-state index contributed by atoms with van der Waals surface area (Å²) in [5, 5.41) is 1.78. The molecule has 0 spiro atoms. The van der Waals surface area contributed by atoms with E-state index in [0.29, 0.717) is 6.54 Å². The summed E-state index contributed by atoms with van der Waals surface area (Å²) in [5.74, 6) is -0.0616. The number of carbonyl (C=O) groups is 1. The SMILES string of the molecule is Cc1csc(=O)n1CC(=O)N(C)Cc1ccc(C(C)(C)C)cc1. The van der Waals surface area contributed by atoms with E-state index in [-0.39, 0.29) is 22.7 Å². The largest absolute Gasteiger partial charge is 0.340 e. The molecular formula is C18H24N2O2S. The van der Waals surface area contributed by atoms with Crippen molar-refractivity contribution in [3.8, 4) is 0 Å². The number of likely N-dealkylation sites (N-methyl/N-ethyl adjacent to an activating group) is 1. The molecule has 0 aliphatic carbocycles. The first-order chi connectivity index (χ1) is 10.7. The molecule has 23 heavy (non-hydrogen) atoms. The molecule has 4 nitrogen and oxygen atoms in total. The highest BCUT2D eigenvalue weighted by Crippen LogP contribution is 2.22. The van der Waals surface area contributed by atoms with Gasteiger partial charge in [0.1, 0.15) is 6.54 Å². The van der Waals surface area contributed by atoms with Crippen molar-refractivity contribution in [1.82, 2.24) is 9.47 Å². The van der Waals surface area contributed by atoms with E-state index in [2.05, 4.69) is 45.0 Å². The lowest BCUT2D eigenvalue weighted by atomic mass is 9.87. The molecule has 0 unspecified atom stereocenters. The smallest absolute Gasteiger partial charge is 0.307 e.